The summed E-state index contributed by atoms with van der Waals surface area (Å²) in [7, 11) is 0. The zero-order valence-corrected chi connectivity index (χ0v) is 12.4. The molecular formula is C14H16ClN3O3. The number of urea groups is 1. The summed E-state index contributed by atoms with van der Waals surface area (Å²) in [4.78, 5) is 22.9. The van der Waals surface area contributed by atoms with Crippen molar-refractivity contribution in [3.05, 3.63) is 28.8 Å². The molecular weight excluding hydrogens is 294 g/mol. The first-order valence-corrected chi connectivity index (χ1v) is 6.76. The van der Waals surface area contributed by atoms with Crippen LogP contribution in [0.15, 0.2) is 18.2 Å². The second-order valence-corrected chi connectivity index (χ2v) is 5.01. The molecule has 21 heavy (non-hydrogen) atoms. The van der Waals surface area contributed by atoms with E-state index in [0.717, 1.165) is 0 Å². The summed E-state index contributed by atoms with van der Waals surface area (Å²) in [6, 6.07) is 4.72. The molecule has 6 nitrogen and oxygen atoms in total. The SMILES string of the molecule is CCC(C)C(NC(=O)Nc1ccc(C#N)c(Cl)c1)C(=O)O. The molecule has 0 spiro atoms. The second kappa shape index (κ2) is 7.50. The number of carbonyl (C=O) groups excluding carboxylic acids is 1. The van der Waals surface area contributed by atoms with Gasteiger partial charge in [-0.15, -0.1) is 0 Å². The number of amides is 2. The number of carboxylic acids is 1. The molecule has 2 unspecified atom stereocenters. The summed E-state index contributed by atoms with van der Waals surface area (Å²) >= 11 is 5.85. The van der Waals surface area contributed by atoms with Crippen LogP contribution in [0.5, 0.6) is 0 Å². The van der Waals surface area contributed by atoms with Crippen molar-refractivity contribution >= 4 is 29.3 Å². The fourth-order valence-electron chi connectivity index (χ4n) is 1.68. The van der Waals surface area contributed by atoms with Crippen molar-refractivity contribution in [3.63, 3.8) is 0 Å². The highest BCUT2D eigenvalue weighted by Crippen LogP contribution is 2.20. The van der Waals surface area contributed by atoms with Crippen molar-refractivity contribution in [3.8, 4) is 6.07 Å². The minimum atomic E-state index is -1.09. The summed E-state index contributed by atoms with van der Waals surface area (Å²) in [5, 5.41) is 23.0. The number of benzene rings is 1. The number of hydrogen-bond acceptors (Lipinski definition) is 3. The highest BCUT2D eigenvalue weighted by atomic mass is 35.5. The van der Waals surface area contributed by atoms with Gasteiger partial charge < -0.3 is 15.7 Å². The molecule has 0 saturated heterocycles. The Kier molecular flexibility index (Phi) is 6.00. The molecule has 2 atom stereocenters. The Hall–Kier alpha value is -2.26. The molecule has 1 rings (SSSR count). The minimum Gasteiger partial charge on any atom is -0.480 e. The fourth-order valence-corrected chi connectivity index (χ4v) is 1.90. The van der Waals surface area contributed by atoms with Crippen molar-refractivity contribution in [1.82, 2.24) is 5.32 Å². The Morgan fingerprint density at radius 1 is 1.48 bits per heavy atom. The van der Waals surface area contributed by atoms with Crippen LogP contribution >= 0.6 is 11.6 Å². The van der Waals surface area contributed by atoms with E-state index in [2.05, 4.69) is 10.6 Å². The van der Waals surface area contributed by atoms with Crippen LogP contribution in [-0.2, 0) is 4.79 Å². The number of anilines is 1. The van der Waals surface area contributed by atoms with Crippen LogP contribution in [0.1, 0.15) is 25.8 Å². The van der Waals surface area contributed by atoms with Crippen LogP contribution in [0.4, 0.5) is 10.5 Å². The predicted molar refractivity (Wildman–Crippen MR) is 79.2 cm³/mol. The number of rotatable bonds is 5. The average Bonchev–Trinajstić information content (AvgIpc) is 2.44. The Morgan fingerprint density at radius 2 is 2.14 bits per heavy atom. The summed E-state index contributed by atoms with van der Waals surface area (Å²) in [6.07, 6.45) is 0.625. The van der Waals surface area contributed by atoms with E-state index in [1.54, 1.807) is 6.92 Å². The number of hydrogen-bond donors (Lipinski definition) is 3. The van der Waals surface area contributed by atoms with Gasteiger partial charge >= 0.3 is 12.0 Å². The quantitative estimate of drug-likeness (QED) is 0.778. The Balaban J connectivity index is 2.75. The maximum Gasteiger partial charge on any atom is 0.326 e. The van der Waals surface area contributed by atoms with Gasteiger partial charge in [-0.2, -0.15) is 5.26 Å². The molecule has 2 amide bonds. The highest BCUT2D eigenvalue weighted by molar-refractivity contribution is 6.32. The van der Waals surface area contributed by atoms with Crippen LogP contribution in [0.25, 0.3) is 0 Å². The van der Waals surface area contributed by atoms with Gasteiger partial charge in [0.15, 0.2) is 0 Å². The van der Waals surface area contributed by atoms with Crippen molar-refractivity contribution in [2.45, 2.75) is 26.3 Å². The van der Waals surface area contributed by atoms with Gasteiger partial charge in [-0.25, -0.2) is 9.59 Å². The van der Waals surface area contributed by atoms with E-state index in [1.807, 2.05) is 13.0 Å². The van der Waals surface area contributed by atoms with Gasteiger partial charge in [-0.05, 0) is 24.1 Å². The number of carboxylic acid groups (broad SMARTS) is 1. The number of halogens is 1. The normalized spacial score (nSPS) is 12.9. The lowest BCUT2D eigenvalue weighted by Gasteiger charge is -2.20. The maximum absolute atomic E-state index is 11.8. The predicted octanol–water partition coefficient (Wildman–Crippen LogP) is 2.83. The molecule has 0 radical (unpaired) electrons. The van der Waals surface area contributed by atoms with E-state index in [4.69, 9.17) is 22.0 Å². The van der Waals surface area contributed by atoms with Crippen molar-refractivity contribution in [1.29, 1.82) is 5.26 Å². The maximum atomic E-state index is 11.8. The lowest BCUT2D eigenvalue weighted by Crippen LogP contribution is -2.46. The molecule has 0 aliphatic rings. The lowest BCUT2D eigenvalue weighted by atomic mass is 9.99. The monoisotopic (exact) mass is 309 g/mol. The van der Waals surface area contributed by atoms with Gasteiger partial charge in [0.2, 0.25) is 0 Å². The van der Waals surface area contributed by atoms with Gasteiger partial charge in [0.25, 0.3) is 0 Å². The number of nitriles is 1. The van der Waals surface area contributed by atoms with Gasteiger partial charge in [-0.1, -0.05) is 31.9 Å². The zero-order valence-electron chi connectivity index (χ0n) is 11.7. The van der Waals surface area contributed by atoms with E-state index in [9.17, 15) is 9.59 Å². The van der Waals surface area contributed by atoms with Crippen molar-refractivity contribution in [2.24, 2.45) is 5.92 Å². The molecule has 7 heteroatoms. The number of carbonyl (C=O) groups is 2. The number of nitrogens with one attached hydrogen (secondary N) is 2. The van der Waals surface area contributed by atoms with Gasteiger partial charge in [0.05, 0.1) is 10.6 Å². The van der Waals surface area contributed by atoms with Crippen LogP contribution in [0, 0.1) is 17.2 Å². The first-order valence-electron chi connectivity index (χ1n) is 6.39. The molecule has 0 heterocycles. The fraction of sp³-hybridized carbons (Fsp3) is 0.357. The Bertz CT molecular complexity index is 583. The van der Waals surface area contributed by atoms with Crippen LogP contribution in [-0.4, -0.2) is 23.1 Å². The molecule has 0 saturated carbocycles. The summed E-state index contributed by atoms with van der Waals surface area (Å²) < 4.78 is 0. The minimum absolute atomic E-state index is 0.196. The smallest absolute Gasteiger partial charge is 0.326 e. The number of nitrogens with zero attached hydrogens (tertiary/aromatic N) is 1. The molecule has 3 N–H and O–H groups in total. The van der Waals surface area contributed by atoms with Crippen LogP contribution < -0.4 is 10.6 Å². The van der Waals surface area contributed by atoms with E-state index >= 15 is 0 Å². The van der Waals surface area contributed by atoms with E-state index < -0.39 is 18.0 Å². The standard InChI is InChI=1S/C14H16ClN3O3/c1-3-8(2)12(13(19)20)18-14(21)17-10-5-4-9(7-16)11(15)6-10/h4-6,8,12H,3H2,1-2H3,(H,19,20)(H2,17,18,21). The summed E-state index contributed by atoms with van der Waals surface area (Å²) in [5.74, 6) is -1.28. The molecule has 0 aromatic heterocycles. The molecule has 0 fully saturated rings. The third kappa shape index (κ3) is 4.65. The molecule has 112 valence electrons. The topological polar surface area (TPSA) is 102 Å². The molecule has 0 aliphatic heterocycles. The van der Waals surface area contributed by atoms with Crippen LogP contribution in [0.3, 0.4) is 0 Å². The highest BCUT2D eigenvalue weighted by Gasteiger charge is 2.25. The first kappa shape index (κ1) is 16.8. The third-order valence-electron chi connectivity index (χ3n) is 3.11. The molecule has 0 bridgehead atoms. The van der Waals surface area contributed by atoms with Crippen molar-refractivity contribution in [2.75, 3.05) is 5.32 Å². The third-order valence-corrected chi connectivity index (χ3v) is 3.43. The van der Waals surface area contributed by atoms with E-state index in [0.29, 0.717) is 17.7 Å². The second-order valence-electron chi connectivity index (χ2n) is 4.61. The summed E-state index contributed by atoms with van der Waals surface area (Å²) in [6.45, 7) is 3.60. The van der Waals surface area contributed by atoms with E-state index in [-0.39, 0.29) is 10.9 Å². The first-order chi connectivity index (χ1) is 9.88. The zero-order chi connectivity index (χ0) is 16.0. The van der Waals surface area contributed by atoms with E-state index in [1.165, 1.54) is 18.2 Å². The summed E-state index contributed by atoms with van der Waals surface area (Å²) in [5.41, 5.74) is 0.676. The average molecular weight is 310 g/mol. The lowest BCUT2D eigenvalue weighted by molar-refractivity contribution is -0.140. The van der Waals surface area contributed by atoms with Crippen LogP contribution in [0.2, 0.25) is 5.02 Å². The Labute approximate surface area is 127 Å². The Morgan fingerprint density at radius 3 is 2.62 bits per heavy atom. The van der Waals surface area contributed by atoms with Gasteiger partial charge in [-0.3, -0.25) is 0 Å². The van der Waals surface area contributed by atoms with Gasteiger partial charge in [0.1, 0.15) is 12.1 Å². The molecule has 0 aliphatic carbocycles. The number of aliphatic carboxylic acids is 1. The molecule has 1 aromatic rings. The van der Waals surface area contributed by atoms with Gasteiger partial charge in [0, 0.05) is 5.69 Å². The largest absolute Gasteiger partial charge is 0.480 e. The van der Waals surface area contributed by atoms with Crippen molar-refractivity contribution < 1.29 is 14.7 Å². The molecule has 1 aromatic carbocycles.